The zero-order chi connectivity index (χ0) is 23.5. The Morgan fingerprint density at radius 2 is 1.52 bits per heavy atom. The lowest BCUT2D eigenvalue weighted by Crippen LogP contribution is -2.21. The molecule has 4 rings (SSSR count). The molecule has 0 fully saturated rings. The van der Waals surface area contributed by atoms with E-state index in [-0.39, 0.29) is 16.4 Å². The largest absolute Gasteiger partial charge is 0.480 e. The number of aliphatic carboxylic acids is 2. The van der Waals surface area contributed by atoms with Crippen molar-refractivity contribution in [3.05, 3.63) is 100 Å². The Morgan fingerprint density at radius 1 is 0.909 bits per heavy atom. The predicted octanol–water partition coefficient (Wildman–Crippen LogP) is 4.54. The molecule has 1 heterocycles. The van der Waals surface area contributed by atoms with Gasteiger partial charge in [-0.1, -0.05) is 72.4 Å². The van der Waals surface area contributed by atoms with E-state index in [1.165, 1.54) is 22.8 Å². The van der Waals surface area contributed by atoms with Crippen molar-refractivity contribution in [1.29, 1.82) is 0 Å². The Labute approximate surface area is 191 Å². The maximum Gasteiger partial charge on any atom is 0.331 e. The smallest absolute Gasteiger partial charge is 0.331 e. The highest BCUT2D eigenvalue weighted by Gasteiger charge is 2.31. The van der Waals surface area contributed by atoms with E-state index in [1.54, 1.807) is 60.7 Å². The average molecular weight is 463 g/mol. The number of imidazole rings is 1. The quantitative estimate of drug-likeness (QED) is 0.221. The van der Waals surface area contributed by atoms with Gasteiger partial charge in [0.2, 0.25) is 0 Å². The fourth-order valence-electron chi connectivity index (χ4n) is 3.54. The molecule has 10 heteroatoms. The van der Waals surface area contributed by atoms with Gasteiger partial charge in [0.1, 0.15) is 5.25 Å². The second-order valence-corrected chi connectivity index (χ2v) is 8.17. The number of carboxylic acids is 2. The first-order valence-corrected chi connectivity index (χ1v) is 10.6. The third-order valence-corrected chi connectivity index (χ3v) is 6.22. The molecule has 0 saturated carbocycles. The highest BCUT2D eigenvalue weighted by molar-refractivity contribution is 8.00. The van der Waals surface area contributed by atoms with Crippen LogP contribution in [0.3, 0.4) is 0 Å². The summed E-state index contributed by atoms with van der Waals surface area (Å²) in [5, 5.41) is 30.4. The molecule has 3 aromatic carbocycles. The van der Waals surface area contributed by atoms with Crippen LogP contribution in [0.4, 0.5) is 5.69 Å². The van der Waals surface area contributed by atoms with Crippen LogP contribution in [-0.4, -0.2) is 36.6 Å². The van der Waals surface area contributed by atoms with Crippen LogP contribution in [0.25, 0.3) is 11.0 Å². The lowest BCUT2D eigenvalue weighted by molar-refractivity contribution is -0.384. The summed E-state index contributed by atoms with van der Waals surface area (Å²) >= 11 is 0.876. The Morgan fingerprint density at radius 3 is 2.06 bits per heavy atom. The molecule has 166 valence electrons. The maximum absolute atomic E-state index is 12.4. The van der Waals surface area contributed by atoms with Crippen molar-refractivity contribution in [3.63, 3.8) is 0 Å². The number of fused-ring (bicyclic) bond motifs is 1. The first-order chi connectivity index (χ1) is 15.9. The van der Waals surface area contributed by atoms with Gasteiger partial charge in [0.05, 0.1) is 16.0 Å². The number of nitro groups is 1. The minimum absolute atomic E-state index is 0.123. The second kappa shape index (κ2) is 9.13. The van der Waals surface area contributed by atoms with E-state index in [4.69, 9.17) is 0 Å². The molecule has 0 bridgehead atoms. The van der Waals surface area contributed by atoms with Gasteiger partial charge >= 0.3 is 11.9 Å². The average Bonchev–Trinajstić information content (AvgIpc) is 3.15. The van der Waals surface area contributed by atoms with E-state index in [0.717, 1.165) is 11.8 Å². The normalized spacial score (nSPS) is 12.8. The molecule has 0 radical (unpaired) electrons. The highest BCUT2D eigenvalue weighted by Crippen LogP contribution is 2.40. The van der Waals surface area contributed by atoms with Crippen LogP contribution in [0, 0.1) is 10.1 Å². The Bertz CT molecular complexity index is 1340. The van der Waals surface area contributed by atoms with Gasteiger partial charge in [0, 0.05) is 12.1 Å². The molecular formula is C23H17N3O6S. The zero-order valence-corrected chi connectivity index (χ0v) is 17.8. The van der Waals surface area contributed by atoms with Crippen LogP contribution in [0.1, 0.15) is 22.4 Å². The number of nitrogens with zero attached hydrogens (tertiary/aromatic N) is 3. The minimum atomic E-state index is -1.27. The standard InChI is InChI=1S/C23H17N3O6S/c27-21(28)19(14-7-3-1-4-8-14)25-18-13-16(26(31)32)11-12-17(18)24-23(25)33-20(22(29)30)15-9-5-2-6-10-15/h1-13,19-20H,(H,27,28)(H,29,30)/t19-,20+/m1/s1. The molecule has 1 aromatic heterocycles. The number of hydrogen-bond donors (Lipinski definition) is 2. The van der Waals surface area contributed by atoms with Gasteiger partial charge in [0.15, 0.2) is 11.2 Å². The van der Waals surface area contributed by atoms with Gasteiger partial charge in [-0.2, -0.15) is 0 Å². The third-order valence-electron chi connectivity index (χ3n) is 5.01. The first-order valence-electron chi connectivity index (χ1n) is 9.75. The monoisotopic (exact) mass is 463 g/mol. The van der Waals surface area contributed by atoms with Crippen LogP contribution in [0.2, 0.25) is 0 Å². The van der Waals surface area contributed by atoms with E-state index in [0.29, 0.717) is 16.6 Å². The zero-order valence-electron chi connectivity index (χ0n) is 16.9. The number of nitro benzene ring substituents is 1. The summed E-state index contributed by atoms with van der Waals surface area (Å²) in [5.41, 5.74) is 1.24. The van der Waals surface area contributed by atoms with Crippen LogP contribution >= 0.6 is 11.8 Å². The van der Waals surface area contributed by atoms with Crippen LogP contribution in [-0.2, 0) is 9.59 Å². The molecule has 2 N–H and O–H groups in total. The molecular weight excluding hydrogens is 446 g/mol. The molecule has 2 atom stereocenters. The SMILES string of the molecule is O=C(O)[C@@H](Sc1nc2ccc([N+](=O)[O-])cc2n1[C@@H](C(=O)O)c1ccccc1)c1ccccc1. The van der Waals surface area contributed by atoms with E-state index in [9.17, 15) is 29.9 Å². The van der Waals surface area contributed by atoms with Crippen molar-refractivity contribution >= 4 is 40.4 Å². The third kappa shape index (κ3) is 4.41. The van der Waals surface area contributed by atoms with Gasteiger partial charge in [-0.25, -0.2) is 9.78 Å². The Hall–Kier alpha value is -4.18. The highest BCUT2D eigenvalue weighted by atomic mass is 32.2. The lowest BCUT2D eigenvalue weighted by atomic mass is 10.1. The predicted molar refractivity (Wildman–Crippen MR) is 121 cm³/mol. The molecule has 33 heavy (non-hydrogen) atoms. The summed E-state index contributed by atoms with van der Waals surface area (Å²) in [7, 11) is 0. The van der Waals surface area contributed by atoms with E-state index >= 15 is 0 Å². The number of benzene rings is 3. The summed E-state index contributed by atoms with van der Waals surface area (Å²) < 4.78 is 1.35. The summed E-state index contributed by atoms with van der Waals surface area (Å²) in [6.45, 7) is 0. The van der Waals surface area contributed by atoms with Crippen molar-refractivity contribution < 1.29 is 24.7 Å². The summed E-state index contributed by atoms with van der Waals surface area (Å²) in [6, 6.07) is 19.6. The first kappa shape index (κ1) is 22.0. The van der Waals surface area contributed by atoms with Crippen molar-refractivity contribution in [3.8, 4) is 0 Å². The van der Waals surface area contributed by atoms with Crippen molar-refractivity contribution in [1.82, 2.24) is 9.55 Å². The topological polar surface area (TPSA) is 136 Å². The fraction of sp³-hybridized carbons (Fsp3) is 0.0870. The van der Waals surface area contributed by atoms with Crippen LogP contribution in [0.15, 0.2) is 84.0 Å². The molecule has 0 saturated heterocycles. The maximum atomic E-state index is 12.4. The second-order valence-electron chi connectivity index (χ2n) is 7.09. The number of hydrogen-bond acceptors (Lipinski definition) is 6. The molecule has 0 amide bonds. The molecule has 0 aliphatic heterocycles. The lowest BCUT2D eigenvalue weighted by Gasteiger charge is -2.20. The number of carbonyl (C=O) groups is 2. The van der Waals surface area contributed by atoms with Gasteiger partial charge in [-0.3, -0.25) is 14.9 Å². The number of carboxylic acid groups (broad SMARTS) is 2. The van der Waals surface area contributed by atoms with Crippen molar-refractivity contribution in [2.24, 2.45) is 0 Å². The minimum Gasteiger partial charge on any atom is -0.480 e. The number of aromatic nitrogens is 2. The number of thioether (sulfide) groups is 1. The van der Waals surface area contributed by atoms with E-state index in [2.05, 4.69) is 4.98 Å². The van der Waals surface area contributed by atoms with Gasteiger partial charge in [0.25, 0.3) is 5.69 Å². The van der Waals surface area contributed by atoms with Gasteiger partial charge < -0.3 is 14.8 Å². The summed E-state index contributed by atoms with van der Waals surface area (Å²) in [5.74, 6) is -2.33. The van der Waals surface area contributed by atoms with E-state index < -0.39 is 28.2 Å². The van der Waals surface area contributed by atoms with Gasteiger partial charge in [-0.05, 0) is 17.2 Å². The number of rotatable bonds is 8. The Kier molecular flexibility index (Phi) is 6.09. The van der Waals surface area contributed by atoms with Crippen molar-refractivity contribution in [2.45, 2.75) is 16.4 Å². The van der Waals surface area contributed by atoms with Gasteiger partial charge in [-0.15, -0.1) is 0 Å². The summed E-state index contributed by atoms with van der Waals surface area (Å²) in [6.07, 6.45) is 0. The van der Waals surface area contributed by atoms with Crippen LogP contribution < -0.4 is 0 Å². The number of non-ortho nitro benzene ring substituents is 1. The molecule has 9 nitrogen and oxygen atoms in total. The molecule has 0 unspecified atom stereocenters. The van der Waals surface area contributed by atoms with E-state index in [1.807, 2.05) is 0 Å². The Balaban J connectivity index is 1.95. The van der Waals surface area contributed by atoms with Crippen LogP contribution in [0.5, 0.6) is 0 Å². The summed E-state index contributed by atoms with van der Waals surface area (Å²) in [4.78, 5) is 39.7. The molecule has 0 aliphatic rings. The molecule has 0 spiro atoms. The molecule has 0 aliphatic carbocycles. The molecule has 4 aromatic rings. The fourth-order valence-corrected chi connectivity index (χ4v) is 4.61. The van der Waals surface area contributed by atoms with Crippen molar-refractivity contribution in [2.75, 3.05) is 0 Å².